The van der Waals surface area contributed by atoms with Crippen molar-refractivity contribution in [2.24, 2.45) is 5.92 Å². The molecule has 1 aromatic heterocycles. The number of carbonyl (C=O) groups excluding carboxylic acids is 1. The van der Waals surface area contributed by atoms with Crippen molar-refractivity contribution in [3.8, 4) is 0 Å². The summed E-state index contributed by atoms with van der Waals surface area (Å²) < 4.78 is 7.25. The Morgan fingerprint density at radius 3 is 2.81 bits per heavy atom. The van der Waals surface area contributed by atoms with Crippen LogP contribution in [0.3, 0.4) is 0 Å². The highest BCUT2D eigenvalue weighted by Crippen LogP contribution is 2.33. The maximum atomic E-state index is 12.8. The fourth-order valence-corrected chi connectivity index (χ4v) is 4.70. The van der Waals surface area contributed by atoms with Crippen LogP contribution in [0.4, 0.5) is 0 Å². The molecule has 2 heterocycles. The minimum Gasteiger partial charge on any atom is -0.373 e. The summed E-state index contributed by atoms with van der Waals surface area (Å²) in [7, 11) is 0. The Hall–Kier alpha value is -2.17. The summed E-state index contributed by atoms with van der Waals surface area (Å²) in [4.78, 5) is 12.8. The molecule has 0 saturated carbocycles. The van der Waals surface area contributed by atoms with Crippen molar-refractivity contribution in [3.05, 3.63) is 71.1 Å². The molecule has 26 heavy (non-hydrogen) atoms. The third-order valence-corrected chi connectivity index (χ3v) is 6.05. The molecular weight excluding hydrogens is 342 g/mol. The van der Waals surface area contributed by atoms with E-state index < -0.39 is 0 Å². The Morgan fingerprint density at radius 1 is 1.12 bits per heavy atom. The Bertz CT molecular complexity index is 874. The fourth-order valence-electron chi connectivity index (χ4n) is 3.70. The fraction of sp³-hybridized carbons (Fsp3) is 0.318. The van der Waals surface area contributed by atoms with E-state index >= 15 is 0 Å². The van der Waals surface area contributed by atoms with Crippen LogP contribution in [-0.4, -0.2) is 19.1 Å². The van der Waals surface area contributed by atoms with Crippen LogP contribution in [0.1, 0.15) is 30.1 Å². The van der Waals surface area contributed by atoms with Crippen LogP contribution in [-0.2, 0) is 16.0 Å². The quantitative estimate of drug-likeness (QED) is 0.710. The predicted molar refractivity (Wildman–Crippen MR) is 106 cm³/mol. The van der Waals surface area contributed by atoms with Gasteiger partial charge in [-0.25, -0.2) is 0 Å². The molecule has 0 spiro atoms. The van der Waals surface area contributed by atoms with Crippen molar-refractivity contribution >= 4 is 27.3 Å². The molecule has 1 amide bonds. The van der Waals surface area contributed by atoms with Crippen LogP contribution in [0.15, 0.2) is 60.0 Å². The van der Waals surface area contributed by atoms with E-state index in [4.69, 9.17) is 4.74 Å². The van der Waals surface area contributed by atoms with Crippen molar-refractivity contribution in [2.75, 3.05) is 13.2 Å². The zero-order valence-corrected chi connectivity index (χ0v) is 15.5. The highest BCUT2D eigenvalue weighted by molar-refractivity contribution is 7.17. The number of hydrogen-bond donors (Lipinski definition) is 1. The number of carbonyl (C=O) groups is 1. The molecule has 3 aromatic rings. The first-order valence-corrected chi connectivity index (χ1v) is 10.1. The lowest BCUT2D eigenvalue weighted by Gasteiger charge is -2.31. The van der Waals surface area contributed by atoms with E-state index in [1.165, 1.54) is 15.6 Å². The van der Waals surface area contributed by atoms with Gasteiger partial charge in [0, 0.05) is 17.9 Å². The zero-order valence-electron chi connectivity index (χ0n) is 14.7. The number of benzene rings is 2. The number of amides is 1. The topological polar surface area (TPSA) is 38.3 Å². The molecule has 134 valence electrons. The number of rotatable bonds is 5. The lowest BCUT2D eigenvalue weighted by Crippen LogP contribution is -2.38. The molecule has 3 nitrogen and oxygen atoms in total. The van der Waals surface area contributed by atoms with Gasteiger partial charge in [0.1, 0.15) is 0 Å². The predicted octanol–water partition coefficient (Wildman–Crippen LogP) is 4.73. The molecule has 1 N–H and O–H groups in total. The smallest absolute Gasteiger partial charge is 0.226 e. The van der Waals surface area contributed by atoms with Crippen molar-refractivity contribution in [3.63, 3.8) is 0 Å². The van der Waals surface area contributed by atoms with Crippen LogP contribution in [0.2, 0.25) is 0 Å². The minimum absolute atomic E-state index is 0.106. The Morgan fingerprint density at radius 2 is 1.92 bits per heavy atom. The average molecular weight is 365 g/mol. The molecule has 2 atom stereocenters. The van der Waals surface area contributed by atoms with Crippen LogP contribution < -0.4 is 5.32 Å². The van der Waals surface area contributed by atoms with Crippen LogP contribution in [0.25, 0.3) is 10.1 Å². The van der Waals surface area contributed by atoms with Gasteiger partial charge in [0.2, 0.25) is 5.91 Å². The second kappa shape index (κ2) is 8.02. The van der Waals surface area contributed by atoms with E-state index in [0.29, 0.717) is 6.54 Å². The van der Waals surface area contributed by atoms with E-state index in [1.807, 2.05) is 30.3 Å². The van der Waals surface area contributed by atoms with Gasteiger partial charge in [0.25, 0.3) is 0 Å². The van der Waals surface area contributed by atoms with Gasteiger partial charge in [0.15, 0.2) is 0 Å². The van der Waals surface area contributed by atoms with Gasteiger partial charge in [0.05, 0.1) is 12.0 Å². The molecule has 1 saturated heterocycles. The molecule has 0 aliphatic carbocycles. The summed E-state index contributed by atoms with van der Waals surface area (Å²) in [6.45, 7) is 1.39. The molecule has 4 rings (SSSR count). The zero-order chi connectivity index (χ0) is 17.8. The molecule has 0 bridgehead atoms. The summed E-state index contributed by atoms with van der Waals surface area (Å²) in [6.07, 6.45) is 2.55. The van der Waals surface area contributed by atoms with Gasteiger partial charge < -0.3 is 10.1 Å². The highest BCUT2D eigenvalue weighted by atomic mass is 32.1. The van der Waals surface area contributed by atoms with Crippen LogP contribution >= 0.6 is 11.3 Å². The summed E-state index contributed by atoms with van der Waals surface area (Å²) in [5.74, 6) is 0.00320. The summed E-state index contributed by atoms with van der Waals surface area (Å²) in [5.41, 5.74) is 2.40. The molecule has 0 radical (unpaired) electrons. The average Bonchev–Trinajstić information content (AvgIpc) is 3.12. The van der Waals surface area contributed by atoms with E-state index in [2.05, 4.69) is 35.0 Å². The second-order valence-corrected chi connectivity index (χ2v) is 7.66. The SMILES string of the molecule is O=C(NCCc1csc2ccccc12)C1CCCOC1c1ccccc1. The first kappa shape index (κ1) is 17.3. The number of nitrogens with one attached hydrogen (secondary N) is 1. The number of hydrogen-bond acceptors (Lipinski definition) is 3. The van der Waals surface area contributed by atoms with E-state index in [9.17, 15) is 4.79 Å². The maximum absolute atomic E-state index is 12.8. The van der Waals surface area contributed by atoms with E-state index in [-0.39, 0.29) is 17.9 Å². The van der Waals surface area contributed by atoms with Gasteiger partial charge >= 0.3 is 0 Å². The van der Waals surface area contributed by atoms with Crippen molar-refractivity contribution in [2.45, 2.75) is 25.4 Å². The van der Waals surface area contributed by atoms with Crippen molar-refractivity contribution < 1.29 is 9.53 Å². The van der Waals surface area contributed by atoms with Crippen molar-refractivity contribution in [1.29, 1.82) is 0 Å². The lowest BCUT2D eigenvalue weighted by atomic mass is 9.88. The van der Waals surface area contributed by atoms with Crippen molar-refractivity contribution in [1.82, 2.24) is 5.32 Å². The van der Waals surface area contributed by atoms with Gasteiger partial charge in [-0.05, 0) is 47.2 Å². The Balaban J connectivity index is 1.39. The van der Waals surface area contributed by atoms with Crippen LogP contribution in [0.5, 0.6) is 0 Å². The summed E-state index contributed by atoms with van der Waals surface area (Å²) in [5, 5.41) is 6.64. The van der Waals surface area contributed by atoms with E-state index in [0.717, 1.165) is 31.4 Å². The van der Waals surface area contributed by atoms with Crippen LogP contribution in [0, 0.1) is 5.92 Å². The molecule has 2 aromatic carbocycles. The molecule has 2 unspecified atom stereocenters. The lowest BCUT2D eigenvalue weighted by molar-refractivity contribution is -0.134. The van der Waals surface area contributed by atoms with Gasteiger partial charge in [-0.1, -0.05) is 48.5 Å². The summed E-state index contributed by atoms with van der Waals surface area (Å²) in [6, 6.07) is 18.5. The van der Waals surface area contributed by atoms with Gasteiger partial charge in [-0.3, -0.25) is 4.79 Å². The largest absolute Gasteiger partial charge is 0.373 e. The third kappa shape index (κ3) is 3.67. The molecular formula is C22H23NO2S. The molecule has 1 aliphatic heterocycles. The first-order valence-electron chi connectivity index (χ1n) is 9.22. The third-order valence-electron chi connectivity index (χ3n) is 5.04. The van der Waals surface area contributed by atoms with Gasteiger partial charge in [-0.2, -0.15) is 0 Å². The first-order chi connectivity index (χ1) is 12.8. The molecule has 4 heteroatoms. The van der Waals surface area contributed by atoms with Gasteiger partial charge in [-0.15, -0.1) is 11.3 Å². The molecule has 1 aliphatic rings. The Labute approximate surface area is 158 Å². The summed E-state index contributed by atoms with van der Waals surface area (Å²) >= 11 is 1.77. The van der Waals surface area contributed by atoms with E-state index in [1.54, 1.807) is 11.3 Å². The minimum atomic E-state index is -0.132. The Kier molecular flexibility index (Phi) is 5.32. The maximum Gasteiger partial charge on any atom is 0.226 e. The number of fused-ring (bicyclic) bond motifs is 1. The number of thiophene rings is 1. The molecule has 1 fully saturated rings. The number of ether oxygens (including phenoxy) is 1. The normalized spacial score (nSPS) is 20.2. The second-order valence-electron chi connectivity index (χ2n) is 6.75. The standard InChI is InChI=1S/C22H23NO2S/c24-22(19-10-6-14-25-21(19)16-7-2-1-3-8-16)23-13-12-17-15-26-20-11-5-4-9-18(17)20/h1-5,7-9,11,15,19,21H,6,10,12-14H2,(H,23,24). The monoisotopic (exact) mass is 365 g/mol. The highest BCUT2D eigenvalue weighted by Gasteiger charge is 2.32.